The van der Waals surface area contributed by atoms with Crippen molar-refractivity contribution < 1.29 is 14.3 Å². The van der Waals surface area contributed by atoms with Gasteiger partial charge in [-0.25, -0.2) is 0 Å². The van der Waals surface area contributed by atoms with Crippen LogP contribution in [0.5, 0.6) is 11.5 Å². The predicted octanol–water partition coefficient (Wildman–Crippen LogP) is 3.40. The Hall–Kier alpha value is -2.53. The van der Waals surface area contributed by atoms with Gasteiger partial charge in [0.2, 0.25) is 5.91 Å². The van der Waals surface area contributed by atoms with Crippen molar-refractivity contribution in [2.75, 3.05) is 26.8 Å². The van der Waals surface area contributed by atoms with Crippen LogP contribution in [-0.4, -0.2) is 37.6 Å². The Morgan fingerprint density at radius 3 is 2.48 bits per heavy atom. The van der Waals surface area contributed by atoms with Gasteiger partial charge in [0.25, 0.3) is 0 Å². The monoisotopic (exact) mass is 368 g/mol. The van der Waals surface area contributed by atoms with E-state index >= 15 is 0 Å². The van der Waals surface area contributed by atoms with Crippen molar-refractivity contribution in [3.8, 4) is 11.5 Å². The Labute approximate surface area is 161 Å². The second kappa shape index (κ2) is 8.91. The molecule has 0 fully saturated rings. The number of nitrogens with one attached hydrogen (secondary N) is 1. The summed E-state index contributed by atoms with van der Waals surface area (Å²) in [6.45, 7) is 6.41. The van der Waals surface area contributed by atoms with E-state index in [9.17, 15) is 4.79 Å². The maximum atomic E-state index is 12.6. The van der Waals surface area contributed by atoms with Crippen LogP contribution >= 0.6 is 0 Å². The van der Waals surface area contributed by atoms with E-state index in [1.165, 1.54) is 0 Å². The highest BCUT2D eigenvalue weighted by Gasteiger charge is 2.19. The molecule has 2 aromatic rings. The van der Waals surface area contributed by atoms with Crippen LogP contribution in [0.4, 0.5) is 0 Å². The van der Waals surface area contributed by atoms with E-state index in [0.717, 1.165) is 22.6 Å². The molecular formula is C22H28N2O3. The number of carbonyl (C=O) groups excluding carboxylic acids is 1. The molecule has 1 atom stereocenters. The Bertz CT molecular complexity index is 761. The van der Waals surface area contributed by atoms with E-state index in [0.29, 0.717) is 32.2 Å². The summed E-state index contributed by atoms with van der Waals surface area (Å²) in [7, 11) is 1.95. The lowest BCUT2D eigenvalue weighted by Crippen LogP contribution is -2.38. The summed E-state index contributed by atoms with van der Waals surface area (Å²) in [5.74, 6) is 1.91. The normalized spacial score (nSPS) is 14.3. The van der Waals surface area contributed by atoms with E-state index < -0.39 is 0 Å². The van der Waals surface area contributed by atoms with Gasteiger partial charge >= 0.3 is 0 Å². The Morgan fingerprint density at radius 2 is 1.78 bits per heavy atom. The number of nitrogens with zero attached hydrogens (tertiary/aromatic N) is 1. The fraction of sp³-hybridized carbons (Fsp3) is 0.409. The molecule has 0 radical (unpaired) electrons. The fourth-order valence-corrected chi connectivity index (χ4v) is 3.31. The number of hydrogen-bond donors (Lipinski definition) is 1. The molecule has 144 valence electrons. The predicted molar refractivity (Wildman–Crippen MR) is 106 cm³/mol. The van der Waals surface area contributed by atoms with Crippen molar-refractivity contribution in [3.05, 3.63) is 59.7 Å². The van der Waals surface area contributed by atoms with Crippen LogP contribution in [0.3, 0.4) is 0 Å². The summed E-state index contributed by atoms with van der Waals surface area (Å²) >= 11 is 0. The van der Waals surface area contributed by atoms with Gasteiger partial charge in [0.1, 0.15) is 13.2 Å². The van der Waals surface area contributed by atoms with Gasteiger partial charge in [0.05, 0.1) is 12.6 Å². The zero-order chi connectivity index (χ0) is 19.2. The molecule has 1 aliphatic rings. The third-order valence-corrected chi connectivity index (χ3v) is 4.61. The number of amides is 1. The number of ether oxygens (including phenoxy) is 2. The molecule has 5 heteroatoms. The molecule has 5 nitrogen and oxygen atoms in total. The number of fused-ring (bicyclic) bond motifs is 1. The average Bonchev–Trinajstić information content (AvgIpc) is 2.66. The highest BCUT2D eigenvalue weighted by molar-refractivity contribution is 5.78. The first-order valence-electron chi connectivity index (χ1n) is 9.44. The molecule has 0 bridgehead atoms. The van der Waals surface area contributed by atoms with Crippen LogP contribution in [0, 0.1) is 5.92 Å². The minimum absolute atomic E-state index is 0.0152. The van der Waals surface area contributed by atoms with E-state index in [1.54, 1.807) is 0 Å². The maximum absolute atomic E-state index is 12.6. The van der Waals surface area contributed by atoms with Gasteiger partial charge in [-0.15, -0.1) is 0 Å². The van der Waals surface area contributed by atoms with Crippen molar-refractivity contribution in [1.29, 1.82) is 0 Å². The quantitative estimate of drug-likeness (QED) is 0.814. The first-order valence-corrected chi connectivity index (χ1v) is 9.44. The molecule has 0 aromatic heterocycles. The summed E-state index contributed by atoms with van der Waals surface area (Å²) < 4.78 is 11.2. The smallest absolute Gasteiger partial charge is 0.234 e. The van der Waals surface area contributed by atoms with E-state index in [2.05, 4.69) is 31.3 Å². The van der Waals surface area contributed by atoms with Crippen molar-refractivity contribution in [2.45, 2.75) is 26.4 Å². The SMILES string of the molecule is CC(C)[C@H](NC(=O)CN(C)Cc1ccc2c(c1)OCCO2)c1ccccc1. The Kier molecular flexibility index (Phi) is 6.35. The van der Waals surface area contributed by atoms with Gasteiger partial charge in [-0.3, -0.25) is 9.69 Å². The Balaban J connectivity index is 1.57. The van der Waals surface area contributed by atoms with Gasteiger partial charge in [-0.05, 0) is 36.2 Å². The van der Waals surface area contributed by atoms with Gasteiger partial charge in [-0.2, -0.15) is 0 Å². The molecule has 0 aliphatic carbocycles. The lowest BCUT2D eigenvalue weighted by atomic mass is 9.96. The number of rotatable bonds is 7. The summed E-state index contributed by atoms with van der Waals surface area (Å²) in [6.07, 6.45) is 0. The number of carbonyl (C=O) groups is 1. The number of likely N-dealkylation sites (N-methyl/N-ethyl adjacent to an activating group) is 1. The molecule has 3 rings (SSSR count). The molecule has 1 heterocycles. The molecule has 2 aromatic carbocycles. The van der Waals surface area contributed by atoms with Crippen LogP contribution in [0.15, 0.2) is 48.5 Å². The number of hydrogen-bond acceptors (Lipinski definition) is 4. The molecule has 0 unspecified atom stereocenters. The van der Waals surface area contributed by atoms with Crippen molar-refractivity contribution in [3.63, 3.8) is 0 Å². The maximum Gasteiger partial charge on any atom is 0.234 e. The molecule has 0 saturated heterocycles. The zero-order valence-corrected chi connectivity index (χ0v) is 16.3. The largest absolute Gasteiger partial charge is 0.486 e. The molecule has 0 spiro atoms. The minimum Gasteiger partial charge on any atom is -0.486 e. The zero-order valence-electron chi connectivity index (χ0n) is 16.3. The van der Waals surface area contributed by atoms with Gasteiger partial charge < -0.3 is 14.8 Å². The third-order valence-electron chi connectivity index (χ3n) is 4.61. The lowest BCUT2D eigenvalue weighted by Gasteiger charge is -2.25. The van der Waals surface area contributed by atoms with Crippen LogP contribution in [-0.2, 0) is 11.3 Å². The standard InChI is InChI=1S/C22H28N2O3/c1-16(2)22(18-7-5-4-6-8-18)23-21(25)15-24(3)14-17-9-10-19-20(13-17)27-12-11-26-19/h4-10,13,16,22H,11-12,14-15H2,1-3H3,(H,23,25)/t22-/m0/s1. The van der Waals surface area contributed by atoms with E-state index in [4.69, 9.17) is 9.47 Å². The van der Waals surface area contributed by atoms with Crippen LogP contribution < -0.4 is 14.8 Å². The molecule has 1 N–H and O–H groups in total. The highest BCUT2D eigenvalue weighted by Crippen LogP contribution is 2.31. The summed E-state index contributed by atoms with van der Waals surface area (Å²) in [4.78, 5) is 14.6. The van der Waals surface area contributed by atoms with Crippen molar-refractivity contribution in [2.24, 2.45) is 5.92 Å². The summed E-state index contributed by atoms with van der Waals surface area (Å²) in [5.41, 5.74) is 2.23. The first-order chi connectivity index (χ1) is 13.0. The highest BCUT2D eigenvalue weighted by atomic mass is 16.6. The van der Waals surface area contributed by atoms with Gasteiger partial charge in [0, 0.05) is 6.54 Å². The van der Waals surface area contributed by atoms with E-state index in [-0.39, 0.29) is 11.9 Å². The summed E-state index contributed by atoms with van der Waals surface area (Å²) in [6, 6.07) is 16.1. The molecule has 1 aliphatic heterocycles. The molecule has 0 saturated carbocycles. The average molecular weight is 368 g/mol. The minimum atomic E-state index is 0.0152. The second-order valence-corrected chi connectivity index (χ2v) is 7.35. The molecule has 1 amide bonds. The fourth-order valence-electron chi connectivity index (χ4n) is 3.31. The topological polar surface area (TPSA) is 50.8 Å². The first kappa shape index (κ1) is 19.2. The summed E-state index contributed by atoms with van der Waals surface area (Å²) in [5, 5.41) is 3.17. The van der Waals surface area contributed by atoms with Crippen LogP contribution in [0.2, 0.25) is 0 Å². The van der Waals surface area contributed by atoms with Crippen LogP contribution in [0.25, 0.3) is 0 Å². The molecule has 27 heavy (non-hydrogen) atoms. The van der Waals surface area contributed by atoms with Gasteiger partial charge in [-0.1, -0.05) is 50.2 Å². The Morgan fingerprint density at radius 1 is 1.07 bits per heavy atom. The number of benzene rings is 2. The van der Waals surface area contributed by atoms with Gasteiger partial charge in [0.15, 0.2) is 11.5 Å². The third kappa shape index (κ3) is 5.23. The van der Waals surface area contributed by atoms with Crippen molar-refractivity contribution >= 4 is 5.91 Å². The van der Waals surface area contributed by atoms with E-state index in [1.807, 2.05) is 48.3 Å². The second-order valence-electron chi connectivity index (χ2n) is 7.35. The van der Waals surface area contributed by atoms with Crippen LogP contribution in [0.1, 0.15) is 31.0 Å². The lowest BCUT2D eigenvalue weighted by molar-refractivity contribution is -0.123. The van der Waals surface area contributed by atoms with Crippen molar-refractivity contribution in [1.82, 2.24) is 10.2 Å². The molecular weight excluding hydrogens is 340 g/mol.